The molecule has 0 aliphatic heterocycles. The lowest BCUT2D eigenvalue weighted by Gasteiger charge is -2.31. The Bertz CT molecular complexity index is 421. The van der Waals surface area contributed by atoms with Gasteiger partial charge in [-0.05, 0) is 17.5 Å². The first-order chi connectivity index (χ1) is 7.66. The smallest absolute Gasteiger partial charge is 0.148 e. The lowest BCUT2D eigenvalue weighted by atomic mass is 9.82. The number of halogens is 4. The largest absolute Gasteiger partial charge is 0.391 e. The molecule has 18 heavy (non-hydrogen) atoms. The van der Waals surface area contributed by atoms with E-state index in [1.54, 1.807) is 0 Å². The number of nitrogens with two attached hydrogens (primary N) is 1. The molecule has 0 aliphatic rings. The van der Waals surface area contributed by atoms with Crippen LogP contribution in [0, 0.1) is 11.2 Å². The number of aliphatic hydroxyl groups is 1. The third kappa shape index (κ3) is 3.72. The molecule has 2 atom stereocenters. The van der Waals surface area contributed by atoms with E-state index in [0.29, 0.717) is 0 Å². The van der Waals surface area contributed by atoms with Gasteiger partial charge in [0.2, 0.25) is 0 Å². The molecule has 0 aromatic heterocycles. The van der Waals surface area contributed by atoms with Gasteiger partial charge in [-0.2, -0.15) is 0 Å². The van der Waals surface area contributed by atoms with E-state index in [1.165, 1.54) is 12.1 Å². The van der Waals surface area contributed by atoms with Crippen LogP contribution in [0.5, 0.6) is 0 Å². The zero-order valence-electron chi connectivity index (χ0n) is 10.4. The summed E-state index contributed by atoms with van der Waals surface area (Å²) in [5, 5.41) is 10.2. The second-order valence-corrected chi connectivity index (χ2v) is 5.91. The molecular formula is C12H17Cl3FNO. The maximum atomic E-state index is 13.9. The van der Waals surface area contributed by atoms with Gasteiger partial charge in [-0.1, -0.05) is 44.0 Å². The number of rotatable bonds is 2. The molecule has 1 aromatic rings. The minimum atomic E-state index is -0.923. The average molecular weight is 317 g/mol. The Kier molecular flexibility index (Phi) is 6.38. The van der Waals surface area contributed by atoms with Crippen molar-refractivity contribution in [3.8, 4) is 0 Å². The summed E-state index contributed by atoms with van der Waals surface area (Å²) >= 11 is 11.6. The van der Waals surface area contributed by atoms with Crippen LogP contribution in [0.2, 0.25) is 10.0 Å². The molecule has 0 amide bonds. The topological polar surface area (TPSA) is 46.2 Å². The van der Waals surface area contributed by atoms with Crippen molar-refractivity contribution in [2.24, 2.45) is 11.1 Å². The van der Waals surface area contributed by atoms with Gasteiger partial charge in [-0.25, -0.2) is 4.39 Å². The zero-order valence-corrected chi connectivity index (χ0v) is 12.7. The zero-order chi connectivity index (χ0) is 13.4. The molecule has 0 fully saturated rings. The normalized spacial score (nSPS) is 14.9. The van der Waals surface area contributed by atoms with E-state index >= 15 is 0 Å². The highest BCUT2D eigenvalue weighted by Gasteiger charge is 2.32. The molecule has 0 spiro atoms. The Morgan fingerprint density at radius 2 is 1.67 bits per heavy atom. The Hall–Kier alpha value is -0.0600. The van der Waals surface area contributed by atoms with Gasteiger partial charge in [-0.3, -0.25) is 0 Å². The minimum absolute atomic E-state index is 0. The van der Waals surface area contributed by atoms with Gasteiger partial charge in [0.25, 0.3) is 0 Å². The fourth-order valence-electron chi connectivity index (χ4n) is 1.54. The van der Waals surface area contributed by atoms with Crippen molar-refractivity contribution >= 4 is 35.6 Å². The molecular weight excluding hydrogens is 299 g/mol. The van der Waals surface area contributed by atoms with E-state index in [-0.39, 0.29) is 28.0 Å². The Labute approximate surface area is 123 Å². The second kappa shape index (κ2) is 6.40. The van der Waals surface area contributed by atoms with Crippen molar-refractivity contribution in [3.05, 3.63) is 33.6 Å². The minimum Gasteiger partial charge on any atom is -0.391 e. The fraction of sp³-hybridized carbons (Fsp3) is 0.500. The van der Waals surface area contributed by atoms with Crippen molar-refractivity contribution < 1.29 is 9.50 Å². The molecule has 2 nitrogen and oxygen atoms in total. The van der Waals surface area contributed by atoms with Gasteiger partial charge < -0.3 is 10.8 Å². The molecule has 0 aliphatic carbocycles. The monoisotopic (exact) mass is 315 g/mol. The van der Waals surface area contributed by atoms with Gasteiger partial charge >= 0.3 is 0 Å². The lowest BCUT2D eigenvalue weighted by molar-refractivity contribution is 0.0392. The Balaban J connectivity index is 0.00000289. The quantitative estimate of drug-likeness (QED) is 0.811. The third-order valence-corrected chi connectivity index (χ3v) is 3.26. The standard InChI is InChI=1S/C12H16Cl2FNO.ClH/c1-12(2,3)11(17)10(16)8-6(13)4-5-7(14)9(8)15;/h4-5,10-11,17H,16H2,1-3H3;1H/t10-,11-;/m1./s1. The van der Waals surface area contributed by atoms with Crippen LogP contribution in [-0.4, -0.2) is 11.2 Å². The van der Waals surface area contributed by atoms with Crippen molar-refractivity contribution in [2.75, 3.05) is 0 Å². The molecule has 1 aromatic carbocycles. The van der Waals surface area contributed by atoms with Crippen LogP contribution in [0.4, 0.5) is 4.39 Å². The van der Waals surface area contributed by atoms with Crippen LogP contribution >= 0.6 is 35.6 Å². The highest BCUT2D eigenvalue weighted by atomic mass is 35.5. The molecule has 0 bridgehead atoms. The SMILES string of the molecule is CC(C)(C)[C@H](O)[C@H](N)c1c(Cl)ccc(Cl)c1F.Cl. The van der Waals surface area contributed by atoms with Crippen molar-refractivity contribution in [1.82, 2.24) is 0 Å². The van der Waals surface area contributed by atoms with Crippen LogP contribution in [0.1, 0.15) is 32.4 Å². The van der Waals surface area contributed by atoms with E-state index in [9.17, 15) is 9.50 Å². The van der Waals surface area contributed by atoms with Crippen molar-refractivity contribution in [3.63, 3.8) is 0 Å². The maximum absolute atomic E-state index is 13.9. The van der Waals surface area contributed by atoms with Crippen LogP contribution in [0.3, 0.4) is 0 Å². The van der Waals surface area contributed by atoms with Gasteiger partial charge in [-0.15, -0.1) is 12.4 Å². The first-order valence-corrected chi connectivity index (χ1v) is 5.99. The van der Waals surface area contributed by atoms with Crippen LogP contribution in [-0.2, 0) is 0 Å². The number of aliphatic hydroxyl groups excluding tert-OH is 1. The van der Waals surface area contributed by atoms with Gasteiger partial charge in [0.15, 0.2) is 0 Å². The van der Waals surface area contributed by atoms with E-state index in [2.05, 4.69) is 0 Å². The van der Waals surface area contributed by atoms with Crippen molar-refractivity contribution in [2.45, 2.75) is 32.9 Å². The first-order valence-electron chi connectivity index (χ1n) is 5.23. The summed E-state index contributed by atoms with van der Waals surface area (Å²) < 4.78 is 13.9. The van der Waals surface area contributed by atoms with E-state index in [4.69, 9.17) is 28.9 Å². The highest BCUT2D eigenvalue weighted by molar-refractivity contribution is 6.33. The molecule has 0 saturated heterocycles. The molecule has 0 saturated carbocycles. The maximum Gasteiger partial charge on any atom is 0.148 e. The number of hydrogen-bond acceptors (Lipinski definition) is 2. The number of hydrogen-bond donors (Lipinski definition) is 2. The van der Waals surface area contributed by atoms with Crippen LogP contribution < -0.4 is 5.73 Å². The molecule has 0 heterocycles. The fourth-order valence-corrected chi connectivity index (χ4v) is 1.98. The predicted octanol–water partition coefficient (Wildman–Crippen LogP) is 3.96. The first kappa shape index (κ1) is 17.9. The Morgan fingerprint density at radius 3 is 2.11 bits per heavy atom. The summed E-state index contributed by atoms with van der Waals surface area (Å²) in [4.78, 5) is 0. The predicted molar refractivity (Wildman–Crippen MR) is 76.1 cm³/mol. The molecule has 104 valence electrons. The van der Waals surface area contributed by atoms with Crippen molar-refractivity contribution in [1.29, 1.82) is 0 Å². The molecule has 6 heteroatoms. The average Bonchev–Trinajstić information content (AvgIpc) is 2.21. The summed E-state index contributed by atoms with van der Waals surface area (Å²) in [6, 6.07) is 1.91. The summed E-state index contributed by atoms with van der Waals surface area (Å²) in [7, 11) is 0. The Morgan fingerprint density at radius 1 is 1.22 bits per heavy atom. The number of benzene rings is 1. The van der Waals surface area contributed by atoms with E-state index in [0.717, 1.165) is 0 Å². The van der Waals surface area contributed by atoms with Gasteiger partial charge in [0, 0.05) is 10.6 Å². The van der Waals surface area contributed by atoms with Crippen LogP contribution in [0.15, 0.2) is 12.1 Å². The summed E-state index contributed by atoms with van der Waals surface area (Å²) in [5.74, 6) is -0.671. The van der Waals surface area contributed by atoms with Gasteiger partial charge in [0.05, 0.1) is 17.2 Å². The lowest BCUT2D eigenvalue weighted by Crippen LogP contribution is -2.37. The molecule has 0 unspecified atom stereocenters. The summed E-state index contributed by atoms with van der Waals surface area (Å²) in [5.41, 5.74) is 5.44. The van der Waals surface area contributed by atoms with E-state index < -0.39 is 23.4 Å². The third-order valence-electron chi connectivity index (χ3n) is 2.64. The van der Waals surface area contributed by atoms with Gasteiger partial charge in [0.1, 0.15) is 5.82 Å². The second-order valence-electron chi connectivity index (χ2n) is 5.09. The van der Waals surface area contributed by atoms with Crippen LogP contribution in [0.25, 0.3) is 0 Å². The molecule has 0 radical (unpaired) electrons. The molecule has 3 N–H and O–H groups in total. The summed E-state index contributed by atoms with van der Waals surface area (Å²) in [6.45, 7) is 5.44. The molecule has 1 rings (SSSR count). The van der Waals surface area contributed by atoms with E-state index in [1.807, 2.05) is 20.8 Å². The highest BCUT2D eigenvalue weighted by Crippen LogP contribution is 2.35. The summed E-state index contributed by atoms with van der Waals surface area (Å²) in [6.07, 6.45) is -0.923.